The highest BCUT2D eigenvalue weighted by Crippen LogP contribution is 2.28. The first-order valence-corrected chi connectivity index (χ1v) is 8.22. The fraction of sp³-hybridized carbons (Fsp3) is 0.706. The first-order valence-electron chi connectivity index (χ1n) is 8.22. The molecule has 20 heavy (non-hydrogen) atoms. The van der Waals surface area contributed by atoms with Crippen LogP contribution in [0.1, 0.15) is 49.9 Å². The number of likely N-dealkylation sites (tertiary alicyclic amines) is 1. The first-order chi connectivity index (χ1) is 9.83. The minimum absolute atomic E-state index is 0.493. The molecule has 3 nitrogen and oxygen atoms in total. The Morgan fingerprint density at radius 1 is 1.30 bits per heavy atom. The molecule has 0 radical (unpaired) electrons. The lowest BCUT2D eigenvalue weighted by Crippen LogP contribution is -2.35. The van der Waals surface area contributed by atoms with Gasteiger partial charge in [0.15, 0.2) is 0 Å². The van der Waals surface area contributed by atoms with Crippen LogP contribution in [0.5, 0.6) is 0 Å². The van der Waals surface area contributed by atoms with Crippen LogP contribution in [0, 0.1) is 5.92 Å². The van der Waals surface area contributed by atoms with Gasteiger partial charge in [0.1, 0.15) is 0 Å². The molecule has 0 amide bonds. The second kappa shape index (κ2) is 6.68. The van der Waals surface area contributed by atoms with Crippen molar-refractivity contribution >= 4 is 0 Å². The lowest BCUT2D eigenvalue weighted by atomic mass is 9.99. The molecule has 0 saturated carbocycles. The van der Waals surface area contributed by atoms with Gasteiger partial charge in [-0.25, -0.2) is 0 Å². The molecule has 1 aliphatic heterocycles. The number of piperidine rings is 1. The fourth-order valence-corrected chi connectivity index (χ4v) is 3.48. The smallest absolute Gasteiger partial charge is 0.0605 e. The maximum absolute atomic E-state index is 4.54. The second-order valence-corrected chi connectivity index (χ2v) is 6.47. The molecule has 1 aliphatic carbocycles. The van der Waals surface area contributed by atoms with Crippen LogP contribution in [0.4, 0.5) is 0 Å². The van der Waals surface area contributed by atoms with Gasteiger partial charge >= 0.3 is 0 Å². The Morgan fingerprint density at radius 2 is 2.15 bits per heavy atom. The number of nitrogens with one attached hydrogen (secondary N) is 1. The van der Waals surface area contributed by atoms with Gasteiger partial charge in [-0.3, -0.25) is 4.98 Å². The van der Waals surface area contributed by atoms with E-state index in [1.54, 1.807) is 0 Å². The highest BCUT2D eigenvalue weighted by Gasteiger charge is 2.22. The number of aromatic nitrogens is 1. The van der Waals surface area contributed by atoms with Crippen LogP contribution in [-0.4, -0.2) is 36.1 Å². The van der Waals surface area contributed by atoms with Gasteiger partial charge in [0.2, 0.25) is 0 Å². The van der Waals surface area contributed by atoms with Crippen LogP contribution >= 0.6 is 0 Å². The van der Waals surface area contributed by atoms with Crippen LogP contribution < -0.4 is 5.32 Å². The summed E-state index contributed by atoms with van der Waals surface area (Å²) in [5, 5.41) is 3.70. The molecule has 0 spiro atoms. The Morgan fingerprint density at radius 3 is 3.00 bits per heavy atom. The maximum atomic E-state index is 4.54. The van der Waals surface area contributed by atoms with E-state index in [-0.39, 0.29) is 0 Å². The van der Waals surface area contributed by atoms with Gasteiger partial charge in [0.05, 0.1) is 11.7 Å². The van der Waals surface area contributed by atoms with Crippen molar-refractivity contribution in [3.8, 4) is 0 Å². The normalized spacial score (nSPS) is 23.9. The van der Waals surface area contributed by atoms with Gasteiger partial charge in [0.25, 0.3) is 0 Å². The van der Waals surface area contributed by atoms with Gasteiger partial charge in [-0.05, 0) is 75.8 Å². The zero-order chi connectivity index (χ0) is 13.8. The lowest BCUT2D eigenvalue weighted by Gasteiger charge is -2.30. The van der Waals surface area contributed by atoms with Crippen molar-refractivity contribution in [1.82, 2.24) is 15.2 Å². The molecule has 2 heterocycles. The van der Waals surface area contributed by atoms with E-state index >= 15 is 0 Å². The number of hydrogen-bond acceptors (Lipinski definition) is 3. The van der Waals surface area contributed by atoms with Crippen molar-refractivity contribution < 1.29 is 0 Å². The Balaban J connectivity index is 1.37. The molecule has 1 aromatic rings. The van der Waals surface area contributed by atoms with E-state index in [0.717, 1.165) is 12.5 Å². The summed E-state index contributed by atoms with van der Waals surface area (Å²) in [6.45, 7) is 7.35. The Bertz CT molecular complexity index is 424. The number of fused-ring (bicyclic) bond motifs is 1. The van der Waals surface area contributed by atoms with Crippen LogP contribution in [0.3, 0.4) is 0 Å². The van der Waals surface area contributed by atoms with Gasteiger partial charge < -0.3 is 10.2 Å². The monoisotopic (exact) mass is 273 g/mol. The third kappa shape index (κ3) is 3.39. The quantitative estimate of drug-likeness (QED) is 0.836. The molecule has 3 heteroatoms. The molecule has 1 N–H and O–H groups in total. The molecule has 1 saturated heterocycles. The summed E-state index contributed by atoms with van der Waals surface area (Å²) in [5.41, 5.74) is 2.73. The van der Waals surface area contributed by atoms with Crippen molar-refractivity contribution in [3.63, 3.8) is 0 Å². The van der Waals surface area contributed by atoms with Crippen molar-refractivity contribution in [2.45, 2.75) is 45.1 Å². The van der Waals surface area contributed by atoms with E-state index in [0.29, 0.717) is 6.04 Å². The first kappa shape index (κ1) is 14.0. The molecule has 3 rings (SSSR count). The third-order valence-corrected chi connectivity index (χ3v) is 4.88. The summed E-state index contributed by atoms with van der Waals surface area (Å²) < 4.78 is 0. The Hall–Kier alpha value is -0.930. The predicted molar refractivity (Wildman–Crippen MR) is 82.8 cm³/mol. The lowest BCUT2D eigenvalue weighted by molar-refractivity contribution is 0.189. The average Bonchev–Trinajstić information content (AvgIpc) is 2.89. The predicted octanol–water partition coefficient (Wildman–Crippen LogP) is 2.78. The number of pyridine rings is 1. The number of hydrogen-bond donors (Lipinski definition) is 1. The third-order valence-electron chi connectivity index (χ3n) is 4.88. The van der Waals surface area contributed by atoms with E-state index in [4.69, 9.17) is 0 Å². The molecular weight excluding hydrogens is 246 g/mol. The van der Waals surface area contributed by atoms with E-state index in [1.165, 1.54) is 63.0 Å². The van der Waals surface area contributed by atoms with Gasteiger partial charge in [-0.2, -0.15) is 0 Å². The van der Waals surface area contributed by atoms with Crippen molar-refractivity contribution in [3.05, 3.63) is 29.6 Å². The van der Waals surface area contributed by atoms with Crippen molar-refractivity contribution in [2.24, 2.45) is 5.92 Å². The zero-order valence-electron chi connectivity index (χ0n) is 12.6. The molecule has 2 aliphatic rings. The van der Waals surface area contributed by atoms with Crippen molar-refractivity contribution in [2.75, 3.05) is 26.2 Å². The van der Waals surface area contributed by atoms with Crippen LogP contribution in [0.25, 0.3) is 0 Å². The van der Waals surface area contributed by atoms with E-state index < -0.39 is 0 Å². The molecule has 110 valence electrons. The summed E-state index contributed by atoms with van der Waals surface area (Å²) in [7, 11) is 0. The van der Waals surface area contributed by atoms with Gasteiger partial charge in [-0.1, -0.05) is 13.0 Å². The highest BCUT2D eigenvalue weighted by molar-refractivity contribution is 5.27. The maximum Gasteiger partial charge on any atom is 0.0605 e. The van der Waals surface area contributed by atoms with Gasteiger partial charge in [-0.15, -0.1) is 0 Å². The number of aryl methyl sites for hydroxylation is 1. The number of rotatable bonds is 5. The second-order valence-electron chi connectivity index (χ2n) is 6.47. The molecule has 1 fully saturated rings. The summed E-state index contributed by atoms with van der Waals surface area (Å²) >= 11 is 0. The molecule has 0 aromatic carbocycles. The standard InChI is InChI=1S/C17H27N3/c1-14-7-12-20(13-8-14)11-3-10-18-16-6-5-15-4-2-9-19-17(15)16/h2,4,9,14,16,18H,3,5-8,10-13H2,1H3. The van der Waals surface area contributed by atoms with Crippen LogP contribution in [-0.2, 0) is 6.42 Å². The SMILES string of the molecule is CC1CCN(CCCNC2CCc3cccnc32)CC1. The highest BCUT2D eigenvalue weighted by atomic mass is 15.1. The zero-order valence-corrected chi connectivity index (χ0v) is 12.6. The van der Waals surface area contributed by atoms with Crippen LogP contribution in [0.15, 0.2) is 18.3 Å². The molecule has 1 unspecified atom stereocenters. The fourth-order valence-electron chi connectivity index (χ4n) is 3.48. The van der Waals surface area contributed by atoms with E-state index in [2.05, 4.69) is 34.3 Å². The number of nitrogens with zero attached hydrogens (tertiary/aromatic N) is 2. The molecule has 1 atom stereocenters. The average molecular weight is 273 g/mol. The minimum atomic E-state index is 0.493. The summed E-state index contributed by atoms with van der Waals surface area (Å²) in [6, 6.07) is 4.77. The van der Waals surface area contributed by atoms with Crippen LogP contribution in [0.2, 0.25) is 0 Å². The van der Waals surface area contributed by atoms with Gasteiger partial charge in [0, 0.05) is 6.20 Å². The minimum Gasteiger partial charge on any atom is -0.309 e. The Labute approximate surface area is 122 Å². The summed E-state index contributed by atoms with van der Waals surface area (Å²) in [4.78, 5) is 7.17. The molecule has 1 aromatic heterocycles. The topological polar surface area (TPSA) is 28.2 Å². The van der Waals surface area contributed by atoms with Crippen molar-refractivity contribution in [1.29, 1.82) is 0 Å². The summed E-state index contributed by atoms with van der Waals surface area (Å²) in [6.07, 6.45) is 8.35. The Kier molecular flexibility index (Phi) is 4.69. The molecular formula is C17H27N3. The molecule has 0 bridgehead atoms. The summed E-state index contributed by atoms with van der Waals surface area (Å²) in [5.74, 6) is 0.936. The van der Waals surface area contributed by atoms with E-state index in [9.17, 15) is 0 Å². The van der Waals surface area contributed by atoms with E-state index in [1.807, 2.05) is 6.20 Å². The largest absolute Gasteiger partial charge is 0.309 e.